The molecule has 0 saturated carbocycles. The van der Waals surface area contributed by atoms with Crippen molar-refractivity contribution in [3.8, 4) is 11.5 Å². The average molecular weight is 375 g/mol. The van der Waals surface area contributed by atoms with Gasteiger partial charge in [0.25, 0.3) is 0 Å². The van der Waals surface area contributed by atoms with Crippen LogP contribution in [0.2, 0.25) is 0 Å². The Balaban J connectivity index is 1.81. The van der Waals surface area contributed by atoms with Gasteiger partial charge in [-0.3, -0.25) is 4.79 Å². The third kappa shape index (κ3) is 4.48. The number of nitrogens with one attached hydrogen (secondary N) is 1. The smallest absolute Gasteiger partial charge is 0.185 e. The maximum absolute atomic E-state index is 12.4. The molecular weight excluding hydrogens is 354 g/mol. The summed E-state index contributed by atoms with van der Waals surface area (Å²) in [6, 6.07) is 16.0. The third-order valence-corrected chi connectivity index (χ3v) is 4.09. The van der Waals surface area contributed by atoms with Crippen LogP contribution in [0.4, 0.5) is 17.2 Å². The lowest BCUT2D eigenvalue weighted by Gasteiger charge is -2.12. The fraction of sp³-hybridized carbons (Fsp3) is 0.0909. The number of aromatic nitrogens is 1. The number of carbonyl (C=O) groups is 1. The molecule has 0 amide bonds. The van der Waals surface area contributed by atoms with Crippen LogP contribution in [0.5, 0.6) is 11.5 Å². The number of nitrogen functional groups attached to an aromatic ring is 1. The summed E-state index contributed by atoms with van der Waals surface area (Å²) < 4.78 is 10.6. The van der Waals surface area contributed by atoms with Crippen LogP contribution >= 0.6 is 0 Å². The summed E-state index contributed by atoms with van der Waals surface area (Å²) in [7, 11) is 3.17. The Kier molecular flexibility index (Phi) is 5.91. The SMILES string of the molecule is COc1ccc(Nc2ncccc2C=CC(=O)c2ccc(N)cc2)cc1OC. The van der Waals surface area contributed by atoms with Crippen LogP contribution in [0.3, 0.4) is 0 Å². The molecule has 0 radical (unpaired) electrons. The number of hydrogen-bond donors (Lipinski definition) is 2. The maximum atomic E-state index is 12.4. The van der Waals surface area contributed by atoms with Crippen molar-refractivity contribution in [3.63, 3.8) is 0 Å². The molecular formula is C22H21N3O3. The van der Waals surface area contributed by atoms with E-state index in [1.54, 1.807) is 50.8 Å². The van der Waals surface area contributed by atoms with E-state index in [9.17, 15) is 4.79 Å². The lowest BCUT2D eigenvalue weighted by Crippen LogP contribution is -1.98. The van der Waals surface area contributed by atoms with Crippen molar-refractivity contribution >= 4 is 29.1 Å². The minimum Gasteiger partial charge on any atom is -0.493 e. The fourth-order valence-corrected chi connectivity index (χ4v) is 2.62. The summed E-state index contributed by atoms with van der Waals surface area (Å²) in [6.07, 6.45) is 4.93. The largest absolute Gasteiger partial charge is 0.493 e. The Bertz CT molecular complexity index is 998. The number of ketones is 1. The van der Waals surface area contributed by atoms with Crippen LogP contribution in [0.25, 0.3) is 6.08 Å². The topological polar surface area (TPSA) is 86.5 Å². The van der Waals surface area contributed by atoms with Gasteiger partial charge >= 0.3 is 0 Å². The molecule has 0 atom stereocenters. The van der Waals surface area contributed by atoms with Gasteiger partial charge in [-0.1, -0.05) is 0 Å². The van der Waals surface area contributed by atoms with Crippen molar-refractivity contribution in [2.45, 2.75) is 0 Å². The third-order valence-electron chi connectivity index (χ3n) is 4.09. The number of rotatable bonds is 7. The summed E-state index contributed by atoms with van der Waals surface area (Å²) in [5, 5.41) is 3.24. The van der Waals surface area contributed by atoms with Crippen molar-refractivity contribution in [2.24, 2.45) is 0 Å². The number of nitrogens with two attached hydrogens (primary N) is 1. The second kappa shape index (κ2) is 8.73. The Morgan fingerprint density at radius 3 is 2.50 bits per heavy atom. The van der Waals surface area contributed by atoms with Gasteiger partial charge < -0.3 is 20.5 Å². The molecule has 0 bridgehead atoms. The molecule has 0 fully saturated rings. The van der Waals surface area contributed by atoms with E-state index in [0.29, 0.717) is 28.6 Å². The number of benzene rings is 2. The first kappa shape index (κ1) is 19.0. The van der Waals surface area contributed by atoms with Crippen LogP contribution in [-0.4, -0.2) is 25.0 Å². The molecule has 2 aromatic carbocycles. The van der Waals surface area contributed by atoms with E-state index < -0.39 is 0 Å². The zero-order valence-electron chi connectivity index (χ0n) is 15.7. The van der Waals surface area contributed by atoms with Crippen molar-refractivity contribution < 1.29 is 14.3 Å². The molecule has 0 unspecified atom stereocenters. The second-order valence-electron chi connectivity index (χ2n) is 5.96. The molecule has 0 spiro atoms. The lowest BCUT2D eigenvalue weighted by molar-refractivity contribution is 0.104. The molecule has 1 heterocycles. The molecule has 28 heavy (non-hydrogen) atoms. The highest BCUT2D eigenvalue weighted by atomic mass is 16.5. The van der Waals surface area contributed by atoms with Gasteiger partial charge in [0.1, 0.15) is 5.82 Å². The molecule has 0 aliphatic rings. The van der Waals surface area contributed by atoms with Gasteiger partial charge in [-0.2, -0.15) is 0 Å². The minimum absolute atomic E-state index is 0.110. The Morgan fingerprint density at radius 1 is 1.04 bits per heavy atom. The quantitative estimate of drug-likeness (QED) is 0.363. The van der Waals surface area contributed by atoms with E-state index in [1.807, 2.05) is 30.3 Å². The molecule has 6 nitrogen and oxygen atoms in total. The molecule has 0 aliphatic heterocycles. The van der Waals surface area contributed by atoms with E-state index >= 15 is 0 Å². The van der Waals surface area contributed by atoms with Gasteiger partial charge in [0.15, 0.2) is 17.3 Å². The molecule has 3 N–H and O–H groups in total. The number of hydrogen-bond acceptors (Lipinski definition) is 6. The van der Waals surface area contributed by atoms with Crippen LogP contribution in [0.15, 0.2) is 66.9 Å². The highest BCUT2D eigenvalue weighted by Gasteiger charge is 2.07. The predicted molar refractivity (Wildman–Crippen MR) is 111 cm³/mol. The highest BCUT2D eigenvalue weighted by molar-refractivity contribution is 6.07. The van der Waals surface area contributed by atoms with Crippen LogP contribution < -0.4 is 20.5 Å². The monoisotopic (exact) mass is 375 g/mol. The summed E-state index contributed by atoms with van der Waals surface area (Å²) in [4.78, 5) is 16.7. The number of anilines is 3. The van der Waals surface area contributed by atoms with Crippen LogP contribution in [-0.2, 0) is 0 Å². The van der Waals surface area contributed by atoms with Gasteiger partial charge in [-0.25, -0.2) is 4.98 Å². The average Bonchev–Trinajstić information content (AvgIpc) is 2.73. The van der Waals surface area contributed by atoms with E-state index in [2.05, 4.69) is 10.3 Å². The molecule has 3 aromatic rings. The zero-order valence-corrected chi connectivity index (χ0v) is 15.7. The summed E-state index contributed by atoms with van der Waals surface area (Å²) in [5.41, 5.74) is 8.42. The maximum Gasteiger partial charge on any atom is 0.185 e. The lowest BCUT2D eigenvalue weighted by atomic mass is 10.1. The van der Waals surface area contributed by atoms with Crippen LogP contribution in [0.1, 0.15) is 15.9 Å². The summed E-state index contributed by atoms with van der Waals surface area (Å²) in [5.74, 6) is 1.76. The Morgan fingerprint density at radius 2 is 1.79 bits per heavy atom. The Labute approximate surface area is 163 Å². The number of methoxy groups -OCH3 is 2. The number of allylic oxidation sites excluding steroid dienone is 1. The van der Waals surface area contributed by atoms with Crippen molar-refractivity contribution in [1.82, 2.24) is 4.98 Å². The molecule has 0 aliphatic carbocycles. The van der Waals surface area contributed by atoms with E-state index in [0.717, 1.165) is 11.3 Å². The van der Waals surface area contributed by atoms with Gasteiger partial charge in [0.05, 0.1) is 14.2 Å². The van der Waals surface area contributed by atoms with Gasteiger partial charge in [0.2, 0.25) is 0 Å². The molecule has 6 heteroatoms. The minimum atomic E-state index is -0.110. The normalized spacial score (nSPS) is 10.6. The summed E-state index contributed by atoms with van der Waals surface area (Å²) in [6.45, 7) is 0. The standard InChI is InChI=1S/C22H21N3O3/c1-27-20-12-10-18(14-21(20)28-2)25-22-16(4-3-13-24-22)7-11-19(26)15-5-8-17(23)9-6-15/h3-14H,23H2,1-2H3,(H,24,25). The first-order valence-corrected chi connectivity index (χ1v) is 8.62. The van der Waals surface area contributed by atoms with E-state index in [4.69, 9.17) is 15.2 Å². The first-order chi connectivity index (χ1) is 13.6. The predicted octanol–water partition coefficient (Wildman–Crippen LogP) is 4.32. The highest BCUT2D eigenvalue weighted by Crippen LogP contribution is 2.31. The summed E-state index contributed by atoms with van der Waals surface area (Å²) >= 11 is 0. The zero-order chi connectivity index (χ0) is 19.9. The van der Waals surface area contributed by atoms with Gasteiger partial charge in [0, 0.05) is 34.8 Å². The van der Waals surface area contributed by atoms with Crippen molar-refractivity contribution in [1.29, 1.82) is 0 Å². The second-order valence-corrected chi connectivity index (χ2v) is 5.96. The van der Waals surface area contributed by atoms with E-state index in [1.165, 1.54) is 6.08 Å². The molecule has 3 rings (SSSR count). The molecule has 0 saturated heterocycles. The van der Waals surface area contributed by atoms with Gasteiger partial charge in [-0.05, 0) is 60.7 Å². The van der Waals surface area contributed by atoms with Crippen LogP contribution in [0, 0.1) is 0 Å². The fourth-order valence-electron chi connectivity index (χ4n) is 2.62. The number of carbonyl (C=O) groups excluding carboxylic acids is 1. The molecule has 142 valence electrons. The number of ether oxygens (including phenoxy) is 2. The molecule has 1 aromatic heterocycles. The first-order valence-electron chi connectivity index (χ1n) is 8.62. The van der Waals surface area contributed by atoms with E-state index in [-0.39, 0.29) is 5.78 Å². The number of nitrogens with zero attached hydrogens (tertiary/aromatic N) is 1. The van der Waals surface area contributed by atoms with Gasteiger partial charge in [-0.15, -0.1) is 0 Å². The van der Waals surface area contributed by atoms with Crippen molar-refractivity contribution in [2.75, 3.05) is 25.3 Å². The number of pyridine rings is 1. The van der Waals surface area contributed by atoms with Crippen molar-refractivity contribution in [3.05, 3.63) is 78.0 Å². The Hall–Kier alpha value is -3.80.